The minimum absolute atomic E-state index is 0.0737. The second-order valence-corrected chi connectivity index (χ2v) is 6.77. The Bertz CT molecular complexity index is 625. The maximum Gasteiger partial charge on any atom is 0.163 e. The number of carbonyl (C=O) groups is 1. The average Bonchev–Trinajstić information content (AvgIpc) is 2.73. The molecule has 1 aromatic heterocycles. The number of Topliss-reactive ketones (excluding diaryl/α,β-unsaturated/α-hetero) is 1. The van der Waals surface area contributed by atoms with E-state index < -0.39 is 0 Å². The highest BCUT2D eigenvalue weighted by atomic mass is 79.9. The number of benzene rings is 1. The molecule has 0 radical (unpaired) electrons. The zero-order chi connectivity index (χ0) is 14.0. The molecule has 0 aliphatic carbocycles. The molecule has 0 fully saturated rings. The van der Waals surface area contributed by atoms with Crippen LogP contribution in [0.2, 0.25) is 0 Å². The van der Waals surface area contributed by atoms with Gasteiger partial charge in [-0.05, 0) is 41.1 Å². The van der Waals surface area contributed by atoms with E-state index in [4.69, 9.17) is 10.5 Å². The van der Waals surface area contributed by atoms with E-state index in [9.17, 15) is 4.79 Å². The SMILES string of the molecule is CC(=O)c1cc(Br)cc(N)c1OCc1cc(Br)cs1. The number of thiophene rings is 1. The van der Waals surface area contributed by atoms with Gasteiger partial charge in [-0.25, -0.2) is 0 Å². The summed E-state index contributed by atoms with van der Waals surface area (Å²) < 4.78 is 7.49. The van der Waals surface area contributed by atoms with Crippen molar-refractivity contribution in [3.63, 3.8) is 0 Å². The molecule has 0 aliphatic rings. The third-order valence-electron chi connectivity index (χ3n) is 2.44. The standard InChI is InChI=1S/C13H11Br2NO2S/c1-7(17)11-3-8(14)4-12(16)13(11)18-5-10-2-9(15)6-19-10/h2-4,6H,5,16H2,1H3. The molecular formula is C13H11Br2NO2S. The van der Waals surface area contributed by atoms with Crippen LogP contribution in [0.1, 0.15) is 22.2 Å². The van der Waals surface area contributed by atoms with Crippen LogP contribution in [0.4, 0.5) is 5.69 Å². The molecular weight excluding hydrogens is 394 g/mol. The van der Waals surface area contributed by atoms with E-state index >= 15 is 0 Å². The Balaban J connectivity index is 2.26. The molecule has 2 aromatic rings. The number of ether oxygens (including phenoxy) is 1. The van der Waals surface area contributed by atoms with Crippen LogP contribution in [0.15, 0.2) is 32.5 Å². The van der Waals surface area contributed by atoms with E-state index in [1.165, 1.54) is 6.92 Å². The summed E-state index contributed by atoms with van der Waals surface area (Å²) in [5.41, 5.74) is 6.86. The second-order valence-electron chi connectivity index (χ2n) is 3.95. The normalized spacial score (nSPS) is 10.5. The van der Waals surface area contributed by atoms with Gasteiger partial charge in [0, 0.05) is 19.2 Å². The molecule has 0 saturated heterocycles. The Labute approximate surface area is 132 Å². The summed E-state index contributed by atoms with van der Waals surface area (Å²) in [6, 6.07) is 5.43. The molecule has 0 aliphatic heterocycles. The molecule has 0 unspecified atom stereocenters. The highest BCUT2D eigenvalue weighted by Crippen LogP contribution is 2.32. The lowest BCUT2D eigenvalue weighted by Crippen LogP contribution is -2.04. The molecule has 19 heavy (non-hydrogen) atoms. The first-order valence-electron chi connectivity index (χ1n) is 5.43. The number of carbonyl (C=O) groups excluding carboxylic acids is 1. The van der Waals surface area contributed by atoms with Crippen molar-refractivity contribution in [1.82, 2.24) is 0 Å². The van der Waals surface area contributed by atoms with E-state index in [0.29, 0.717) is 23.6 Å². The third-order valence-corrected chi connectivity index (χ3v) is 4.57. The number of nitrogen functional groups attached to an aromatic ring is 1. The van der Waals surface area contributed by atoms with Crippen LogP contribution in [0, 0.1) is 0 Å². The molecule has 3 nitrogen and oxygen atoms in total. The Morgan fingerprint density at radius 3 is 2.63 bits per heavy atom. The molecule has 0 spiro atoms. The third kappa shape index (κ3) is 3.58. The minimum Gasteiger partial charge on any atom is -0.485 e. The summed E-state index contributed by atoms with van der Waals surface area (Å²) in [4.78, 5) is 12.7. The number of ketones is 1. The summed E-state index contributed by atoms with van der Waals surface area (Å²) in [6.45, 7) is 1.89. The molecule has 0 saturated carbocycles. The lowest BCUT2D eigenvalue weighted by molar-refractivity contribution is 0.101. The first kappa shape index (κ1) is 14.6. The minimum atomic E-state index is -0.0737. The van der Waals surface area contributed by atoms with Crippen molar-refractivity contribution in [3.05, 3.63) is 43.0 Å². The van der Waals surface area contributed by atoms with Gasteiger partial charge in [-0.2, -0.15) is 0 Å². The number of anilines is 1. The van der Waals surface area contributed by atoms with Crippen molar-refractivity contribution in [2.24, 2.45) is 0 Å². The van der Waals surface area contributed by atoms with Gasteiger partial charge in [0.25, 0.3) is 0 Å². The summed E-state index contributed by atoms with van der Waals surface area (Å²) in [6.07, 6.45) is 0. The van der Waals surface area contributed by atoms with E-state index in [1.54, 1.807) is 23.5 Å². The van der Waals surface area contributed by atoms with Crippen molar-refractivity contribution >= 4 is 54.7 Å². The van der Waals surface area contributed by atoms with Crippen molar-refractivity contribution in [2.75, 3.05) is 5.73 Å². The summed E-state index contributed by atoms with van der Waals surface area (Å²) >= 11 is 8.30. The highest BCUT2D eigenvalue weighted by molar-refractivity contribution is 9.10. The average molecular weight is 405 g/mol. The van der Waals surface area contributed by atoms with Crippen molar-refractivity contribution in [1.29, 1.82) is 0 Å². The number of hydrogen-bond donors (Lipinski definition) is 1. The molecule has 0 amide bonds. The number of hydrogen-bond acceptors (Lipinski definition) is 4. The highest BCUT2D eigenvalue weighted by Gasteiger charge is 2.14. The first-order valence-corrected chi connectivity index (χ1v) is 7.89. The zero-order valence-electron chi connectivity index (χ0n) is 10.1. The lowest BCUT2D eigenvalue weighted by Gasteiger charge is -2.12. The molecule has 2 N–H and O–H groups in total. The topological polar surface area (TPSA) is 52.3 Å². The monoisotopic (exact) mass is 403 g/mol. The van der Waals surface area contributed by atoms with Gasteiger partial charge in [-0.1, -0.05) is 15.9 Å². The Morgan fingerprint density at radius 2 is 2.05 bits per heavy atom. The van der Waals surface area contributed by atoms with E-state index in [1.807, 2.05) is 11.4 Å². The number of nitrogens with two attached hydrogens (primary N) is 1. The smallest absolute Gasteiger partial charge is 0.163 e. The van der Waals surface area contributed by atoms with Gasteiger partial charge in [0.2, 0.25) is 0 Å². The first-order chi connectivity index (χ1) is 8.97. The van der Waals surface area contributed by atoms with Gasteiger partial charge in [-0.15, -0.1) is 11.3 Å². The van der Waals surface area contributed by atoms with E-state index in [2.05, 4.69) is 31.9 Å². The Kier molecular flexibility index (Phi) is 4.65. The molecule has 2 rings (SSSR count). The van der Waals surface area contributed by atoms with Crippen molar-refractivity contribution in [3.8, 4) is 5.75 Å². The molecule has 1 aromatic carbocycles. The maximum absolute atomic E-state index is 11.6. The van der Waals surface area contributed by atoms with Crippen LogP contribution in [-0.2, 0) is 6.61 Å². The maximum atomic E-state index is 11.6. The van der Waals surface area contributed by atoms with Crippen LogP contribution >= 0.6 is 43.2 Å². The Hall–Kier alpha value is -0.850. The predicted octanol–water partition coefficient (Wildman–Crippen LogP) is 4.64. The van der Waals surface area contributed by atoms with E-state index in [-0.39, 0.29) is 5.78 Å². The summed E-state index contributed by atoms with van der Waals surface area (Å²) in [5.74, 6) is 0.371. The molecule has 1 heterocycles. The molecule has 0 bridgehead atoms. The van der Waals surface area contributed by atoms with Gasteiger partial charge in [0.15, 0.2) is 11.5 Å². The fraction of sp³-hybridized carbons (Fsp3) is 0.154. The largest absolute Gasteiger partial charge is 0.485 e. The summed E-state index contributed by atoms with van der Waals surface area (Å²) in [5, 5.41) is 1.98. The second kappa shape index (κ2) is 6.07. The van der Waals surface area contributed by atoms with Crippen LogP contribution in [-0.4, -0.2) is 5.78 Å². The van der Waals surface area contributed by atoms with Gasteiger partial charge in [0.1, 0.15) is 6.61 Å². The van der Waals surface area contributed by atoms with E-state index in [0.717, 1.165) is 13.8 Å². The van der Waals surface area contributed by atoms with Crippen LogP contribution < -0.4 is 10.5 Å². The molecule has 6 heteroatoms. The van der Waals surface area contributed by atoms with Gasteiger partial charge in [0.05, 0.1) is 11.3 Å². The fourth-order valence-electron chi connectivity index (χ4n) is 1.61. The molecule has 100 valence electrons. The van der Waals surface area contributed by atoms with Gasteiger partial charge in [-0.3, -0.25) is 4.79 Å². The van der Waals surface area contributed by atoms with Gasteiger partial charge < -0.3 is 10.5 Å². The van der Waals surface area contributed by atoms with Crippen LogP contribution in [0.3, 0.4) is 0 Å². The summed E-state index contributed by atoms with van der Waals surface area (Å²) in [7, 11) is 0. The van der Waals surface area contributed by atoms with Crippen molar-refractivity contribution < 1.29 is 9.53 Å². The Morgan fingerprint density at radius 1 is 1.32 bits per heavy atom. The van der Waals surface area contributed by atoms with Crippen molar-refractivity contribution in [2.45, 2.75) is 13.5 Å². The van der Waals surface area contributed by atoms with Crippen LogP contribution in [0.25, 0.3) is 0 Å². The number of rotatable bonds is 4. The number of halogens is 2. The quantitative estimate of drug-likeness (QED) is 0.596. The predicted molar refractivity (Wildman–Crippen MR) is 84.9 cm³/mol. The van der Waals surface area contributed by atoms with Gasteiger partial charge >= 0.3 is 0 Å². The van der Waals surface area contributed by atoms with Crippen LogP contribution in [0.5, 0.6) is 5.75 Å². The fourth-order valence-corrected chi connectivity index (χ4v) is 3.45. The molecule has 0 atom stereocenters. The zero-order valence-corrected chi connectivity index (χ0v) is 14.1. The lowest BCUT2D eigenvalue weighted by atomic mass is 10.1.